The van der Waals surface area contributed by atoms with Crippen molar-refractivity contribution in [2.24, 2.45) is 5.41 Å². The first kappa shape index (κ1) is 24.4. The molecule has 0 saturated carbocycles. The molecule has 0 aliphatic rings. The molecule has 0 aromatic rings. The number of halogens is 5. The van der Waals surface area contributed by atoms with Crippen LogP contribution >= 0.6 is 0 Å². The lowest BCUT2D eigenvalue weighted by atomic mass is 9.87. The van der Waals surface area contributed by atoms with Crippen LogP contribution in [-0.2, 0) is 29.2 Å². The minimum absolute atomic E-state index is 0.217. The Balaban J connectivity index is 5.25. The van der Waals surface area contributed by atoms with Gasteiger partial charge in [0.05, 0.1) is 13.2 Å². The molecule has 0 rings (SSSR count). The van der Waals surface area contributed by atoms with Gasteiger partial charge in [0.25, 0.3) is 6.10 Å². The van der Waals surface area contributed by atoms with Crippen LogP contribution in [0, 0.1) is 5.41 Å². The van der Waals surface area contributed by atoms with E-state index in [1.54, 1.807) is 0 Å². The summed E-state index contributed by atoms with van der Waals surface area (Å²) in [6.07, 6.45) is -11.0. The molecule has 154 valence electrons. The first-order chi connectivity index (χ1) is 11.6. The molecule has 0 amide bonds. The first-order valence-corrected chi connectivity index (χ1v) is 7.98. The number of esters is 2. The summed E-state index contributed by atoms with van der Waals surface area (Å²) in [5, 5.41) is 12.0. The summed E-state index contributed by atoms with van der Waals surface area (Å²) in [4.78, 5) is 22.9. The quantitative estimate of drug-likeness (QED) is 0.288. The summed E-state index contributed by atoms with van der Waals surface area (Å²) < 4.78 is 102. The third-order valence-electron chi connectivity index (χ3n) is 3.22. The van der Waals surface area contributed by atoms with E-state index in [1.165, 1.54) is 6.92 Å². The highest BCUT2D eigenvalue weighted by atomic mass is 32.2. The molecule has 9 nitrogen and oxygen atoms in total. The molecule has 0 saturated heterocycles. The van der Waals surface area contributed by atoms with Gasteiger partial charge in [-0.05, 0) is 6.42 Å². The molecule has 0 aromatic carbocycles. The van der Waals surface area contributed by atoms with Crippen molar-refractivity contribution in [1.29, 1.82) is 0 Å². The fraction of sp³-hybridized carbons (Fsp3) is 0.818. The third-order valence-corrected chi connectivity index (χ3v) is 4.10. The molecule has 0 bridgehead atoms. The average Bonchev–Trinajstić information content (AvgIpc) is 2.50. The van der Waals surface area contributed by atoms with E-state index in [0.717, 1.165) is 0 Å². The average molecular weight is 417 g/mol. The molecule has 1 atom stereocenters. The van der Waals surface area contributed by atoms with Gasteiger partial charge in [0.1, 0.15) is 5.41 Å². The monoisotopic (exact) mass is 417 g/mol. The summed E-state index contributed by atoms with van der Waals surface area (Å²) in [5.41, 5.74) is -1.91. The van der Waals surface area contributed by atoms with Gasteiger partial charge in [0.15, 0.2) is 16.7 Å². The Hall–Kier alpha value is -1.58. The van der Waals surface area contributed by atoms with Gasteiger partial charge < -0.3 is 24.2 Å². The molecule has 0 fully saturated rings. The number of ether oxygens (including phenoxy) is 2. The molecule has 15 heteroatoms. The van der Waals surface area contributed by atoms with Crippen LogP contribution in [0.25, 0.3) is 0 Å². The van der Waals surface area contributed by atoms with Crippen LogP contribution in [0.2, 0.25) is 0 Å². The Labute approximate surface area is 143 Å². The van der Waals surface area contributed by atoms with Gasteiger partial charge in [-0.15, -0.1) is 0 Å². The van der Waals surface area contributed by atoms with Crippen LogP contribution in [0.3, 0.4) is 0 Å². The summed E-state index contributed by atoms with van der Waals surface area (Å²) in [6, 6.07) is 0. The van der Waals surface area contributed by atoms with E-state index in [9.17, 15) is 44.5 Å². The minimum Gasteiger partial charge on any atom is -0.743 e. The highest BCUT2D eigenvalue weighted by Crippen LogP contribution is 2.38. The zero-order valence-electron chi connectivity index (χ0n) is 13.0. The standard InChI is InChI=1S/C11H15F5O9S/c1-2-9(4-17,5-18)8(20)24-3-6(19)25-7(10(12,13)14)11(15,16)26(21,22)23/h7,17-18H,2-5H2,1H3,(H,21,22,23)/p-1. The highest BCUT2D eigenvalue weighted by Gasteiger charge is 2.63. The molecule has 0 aliphatic heterocycles. The number of rotatable bonds is 9. The Morgan fingerprint density at radius 3 is 1.88 bits per heavy atom. The zero-order chi connectivity index (χ0) is 21.0. The summed E-state index contributed by atoms with van der Waals surface area (Å²) in [7, 11) is -6.85. The maximum atomic E-state index is 13.1. The molecule has 0 spiro atoms. The van der Waals surface area contributed by atoms with Crippen LogP contribution in [0.15, 0.2) is 0 Å². The molecule has 0 heterocycles. The van der Waals surface area contributed by atoms with E-state index in [4.69, 9.17) is 10.2 Å². The summed E-state index contributed by atoms with van der Waals surface area (Å²) >= 11 is 0. The lowest BCUT2D eigenvalue weighted by Gasteiger charge is -2.30. The fourth-order valence-corrected chi connectivity index (χ4v) is 1.89. The van der Waals surface area contributed by atoms with Gasteiger partial charge in [0.2, 0.25) is 0 Å². The number of hydrogen-bond donors (Lipinski definition) is 2. The predicted octanol–water partition coefficient (Wildman–Crippen LogP) is -0.477. The van der Waals surface area contributed by atoms with Crippen molar-refractivity contribution in [3.63, 3.8) is 0 Å². The van der Waals surface area contributed by atoms with E-state index in [-0.39, 0.29) is 6.42 Å². The van der Waals surface area contributed by atoms with Gasteiger partial charge in [-0.1, -0.05) is 6.92 Å². The Morgan fingerprint density at radius 2 is 1.58 bits per heavy atom. The second kappa shape index (κ2) is 8.41. The number of carbonyl (C=O) groups excluding carboxylic acids is 2. The second-order valence-corrected chi connectivity index (χ2v) is 6.41. The Kier molecular flexibility index (Phi) is 7.90. The molecule has 2 N–H and O–H groups in total. The van der Waals surface area contributed by atoms with E-state index in [2.05, 4.69) is 9.47 Å². The topological polar surface area (TPSA) is 150 Å². The fourth-order valence-electron chi connectivity index (χ4n) is 1.45. The number of carbonyl (C=O) groups is 2. The second-order valence-electron chi connectivity index (χ2n) is 4.95. The van der Waals surface area contributed by atoms with E-state index in [0.29, 0.717) is 0 Å². The van der Waals surface area contributed by atoms with Crippen LogP contribution in [0.5, 0.6) is 0 Å². The van der Waals surface area contributed by atoms with Crippen molar-refractivity contribution >= 4 is 22.1 Å². The minimum atomic E-state index is -6.85. The van der Waals surface area contributed by atoms with E-state index < -0.39 is 64.8 Å². The van der Waals surface area contributed by atoms with Crippen LogP contribution < -0.4 is 0 Å². The number of aliphatic hydroxyl groups is 2. The largest absolute Gasteiger partial charge is 0.743 e. The van der Waals surface area contributed by atoms with Crippen molar-refractivity contribution in [1.82, 2.24) is 0 Å². The normalized spacial score (nSPS) is 14.7. The maximum absolute atomic E-state index is 13.1. The van der Waals surface area contributed by atoms with Crippen molar-refractivity contribution < 1.29 is 64.2 Å². The smallest absolute Gasteiger partial charge is 0.432 e. The Bertz CT molecular complexity index is 604. The van der Waals surface area contributed by atoms with Crippen molar-refractivity contribution in [2.75, 3.05) is 19.8 Å². The molecule has 0 aromatic heterocycles. The molecule has 0 radical (unpaired) electrons. The van der Waals surface area contributed by atoms with Gasteiger partial charge in [-0.3, -0.25) is 4.79 Å². The number of hydrogen-bond acceptors (Lipinski definition) is 9. The highest BCUT2D eigenvalue weighted by molar-refractivity contribution is 7.86. The Morgan fingerprint density at radius 1 is 1.12 bits per heavy atom. The van der Waals surface area contributed by atoms with E-state index >= 15 is 0 Å². The van der Waals surface area contributed by atoms with Crippen molar-refractivity contribution in [3.8, 4) is 0 Å². The van der Waals surface area contributed by atoms with Gasteiger partial charge >= 0.3 is 23.4 Å². The molecular weight excluding hydrogens is 403 g/mol. The van der Waals surface area contributed by atoms with Crippen molar-refractivity contribution in [2.45, 2.75) is 30.9 Å². The predicted molar refractivity (Wildman–Crippen MR) is 68.4 cm³/mol. The van der Waals surface area contributed by atoms with Gasteiger partial charge in [-0.25, -0.2) is 13.2 Å². The summed E-state index contributed by atoms with van der Waals surface area (Å²) in [6.45, 7) is -2.30. The SMILES string of the molecule is CCC(CO)(CO)C(=O)OCC(=O)OC(C(F)(F)F)C(F)(F)S(=O)(=O)[O-]. The van der Waals surface area contributed by atoms with Crippen LogP contribution in [0.4, 0.5) is 22.0 Å². The van der Waals surface area contributed by atoms with Gasteiger partial charge in [-0.2, -0.15) is 22.0 Å². The van der Waals surface area contributed by atoms with E-state index in [1.807, 2.05) is 0 Å². The number of aliphatic hydroxyl groups excluding tert-OH is 2. The summed E-state index contributed by atoms with van der Waals surface area (Å²) in [5.74, 6) is -3.70. The molecule has 26 heavy (non-hydrogen) atoms. The molecule has 1 unspecified atom stereocenters. The third kappa shape index (κ3) is 5.46. The molecule has 0 aliphatic carbocycles. The lowest BCUT2D eigenvalue weighted by Crippen LogP contribution is -2.52. The zero-order valence-corrected chi connectivity index (χ0v) is 13.8. The number of alkyl halides is 5. The maximum Gasteiger partial charge on any atom is 0.432 e. The van der Waals surface area contributed by atoms with Crippen LogP contribution in [-0.4, -0.2) is 72.5 Å². The van der Waals surface area contributed by atoms with Crippen molar-refractivity contribution in [3.05, 3.63) is 0 Å². The van der Waals surface area contributed by atoms with Gasteiger partial charge in [0, 0.05) is 0 Å². The molecular formula is C11H14F5O9S-. The lowest BCUT2D eigenvalue weighted by molar-refractivity contribution is -0.260. The van der Waals surface area contributed by atoms with Crippen LogP contribution in [0.1, 0.15) is 13.3 Å². The first-order valence-electron chi connectivity index (χ1n) is 6.57.